The van der Waals surface area contributed by atoms with Gasteiger partial charge in [-0.05, 0) is 109 Å². The minimum atomic E-state index is -0.388. The second kappa shape index (κ2) is 7.06. The Labute approximate surface area is 208 Å². The van der Waals surface area contributed by atoms with E-state index in [1.807, 2.05) is 0 Å². The van der Waals surface area contributed by atoms with Gasteiger partial charge in [0.15, 0.2) is 0 Å². The molecule has 2 N–H and O–H groups in total. The van der Waals surface area contributed by atoms with E-state index in [0.29, 0.717) is 52.3 Å². The van der Waals surface area contributed by atoms with Gasteiger partial charge in [-0.2, -0.15) is 5.26 Å². The Morgan fingerprint density at radius 3 is 2.15 bits per heavy atom. The van der Waals surface area contributed by atoms with Crippen LogP contribution in [0, 0.1) is 67.5 Å². The molecule has 3 heteroatoms. The first-order valence-corrected chi connectivity index (χ1v) is 14.1. The molecule has 5 rings (SSSR count). The number of fused-ring (bicyclic) bond motifs is 7. The molecule has 0 saturated heterocycles. The summed E-state index contributed by atoms with van der Waals surface area (Å²) in [5, 5.41) is 33.0. The maximum atomic E-state index is 12.0. The van der Waals surface area contributed by atoms with Gasteiger partial charge in [0.2, 0.25) is 0 Å². The maximum absolute atomic E-state index is 12.0. The molecule has 5 aliphatic carbocycles. The fourth-order valence-corrected chi connectivity index (χ4v) is 11.2. The first-order valence-electron chi connectivity index (χ1n) is 14.1. The highest BCUT2D eigenvalue weighted by atomic mass is 16.3. The molecule has 0 aromatic carbocycles. The smallest absolute Gasteiger partial charge is 0.112 e. The molecule has 3 nitrogen and oxygen atoms in total. The summed E-state index contributed by atoms with van der Waals surface area (Å²) in [7, 11) is 0. The zero-order valence-corrected chi connectivity index (χ0v) is 23.1. The lowest BCUT2D eigenvalue weighted by atomic mass is 9.31. The van der Waals surface area contributed by atoms with Crippen LogP contribution in [0.15, 0.2) is 11.3 Å². The first-order chi connectivity index (χ1) is 15.6. The van der Waals surface area contributed by atoms with E-state index < -0.39 is 0 Å². The minimum absolute atomic E-state index is 0.0741. The molecular weight excluding hydrogens is 418 g/mol. The number of hydrogen-bond donors (Lipinski definition) is 2. The van der Waals surface area contributed by atoms with E-state index in [0.717, 1.165) is 12.8 Å². The van der Waals surface area contributed by atoms with E-state index in [1.165, 1.54) is 38.5 Å². The molecular formula is C31H49NO2. The Balaban J connectivity index is 1.60. The van der Waals surface area contributed by atoms with Gasteiger partial charge < -0.3 is 10.2 Å². The van der Waals surface area contributed by atoms with Crippen molar-refractivity contribution in [1.29, 1.82) is 5.26 Å². The van der Waals surface area contributed by atoms with Gasteiger partial charge in [0.05, 0.1) is 17.7 Å². The standard InChI is InChI=1S/C31H49NO2/c1-26(2)11-12-28(5)13-14-31(8)24(20(28)17-26)21(33)15-23-29(6)16-19(18-32)25(34)27(3,4)22(29)9-10-30(23,31)7/h20-24,33-34H,9-17H2,1-8H3/t20-,21+,22-,23+,24-,28+,29-,30+,31+/m0/s1. The molecule has 0 spiro atoms. The third-order valence-electron chi connectivity index (χ3n) is 13.4. The van der Waals surface area contributed by atoms with Crippen LogP contribution >= 0.6 is 0 Å². The molecule has 0 unspecified atom stereocenters. The van der Waals surface area contributed by atoms with Crippen molar-refractivity contribution in [3.63, 3.8) is 0 Å². The van der Waals surface area contributed by atoms with Gasteiger partial charge in [0.1, 0.15) is 5.76 Å². The third-order valence-corrected chi connectivity index (χ3v) is 13.4. The van der Waals surface area contributed by atoms with E-state index in [1.54, 1.807) is 0 Å². The van der Waals surface area contributed by atoms with Gasteiger partial charge in [0, 0.05) is 5.41 Å². The predicted molar refractivity (Wildman–Crippen MR) is 137 cm³/mol. The number of hydrogen-bond acceptors (Lipinski definition) is 3. The van der Waals surface area contributed by atoms with Gasteiger partial charge in [-0.3, -0.25) is 0 Å². The van der Waals surface area contributed by atoms with Crippen molar-refractivity contribution in [3.8, 4) is 6.07 Å². The Morgan fingerprint density at radius 2 is 1.50 bits per heavy atom. The van der Waals surface area contributed by atoms with Crippen molar-refractivity contribution in [1.82, 2.24) is 0 Å². The second-order valence-electron chi connectivity index (χ2n) is 15.8. The van der Waals surface area contributed by atoms with Gasteiger partial charge in [0.25, 0.3) is 0 Å². The summed E-state index contributed by atoms with van der Waals surface area (Å²) in [4.78, 5) is 0. The number of rotatable bonds is 0. The molecule has 34 heavy (non-hydrogen) atoms. The van der Waals surface area contributed by atoms with Crippen molar-refractivity contribution >= 4 is 0 Å². The monoisotopic (exact) mass is 467 g/mol. The summed E-state index contributed by atoms with van der Waals surface area (Å²) in [6, 6.07) is 2.37. The summed E-state index contributed by atoms with van der Waals surface area (Å²) in [5.41, 5.74) is 1.10. The molecule has 0 radical (unpaired) electrons. The molecule has 4 saturated carbocycles. The maximum Gasteiger partial charge on any atom is 0.112 e. The van der Waals surface area contributed by atoms with Crippen LogP contribution in [0.3, 0.4) is 0 Å². The van der Waals surface area contributed by atoms with Gasteiger partial charge >= 0.3 is 0 Å². The number of aliphatic hydroxyl groups is 2. The average Bonchev–Trinajstić information content (AvgIpc) is 2.74. The van der Waals surface area contributed by atoms with E-state index in [9.17, 15) is 15.5 Å². The SMILES string of the molecule is CC1(C)CC[C@]2(C)CC[C@]3(C)[C@H]([C@H](O)C[C@@H]4[C@@]5(C)CC(C#N)=C(O)C(C)(C)[C@@H]5CC[C@]43C)[C@@H]2C1. The first kappa shape index (κ1) is 24.7. The molecule has 190 valence electrons. The minimum Gasteiger partial charge on any atom is -0.511 e. The van der Waals surface area contributed by atoms with Crippen LogP contribution in [-0.4, -0.2) is 16.3 Å². The lowest BCUT2D eigenvalue weighted by molar-refractivity contribution is -0.266. The summed E-state index contributed by atoms with van der Waals surface area (Å²) < 4.78 is 0. The second-order valence-corrected chi connectivity index (χ2v) is 15.8. The van der Waals surface area contributed by atoms with Crippen LogP contribution in [0.1, 0.15) is 113 Å². The highest BCUT2D eigenvalue weighted by molar-refractivity contribution is 5.35. The van der Waals surface area contributed by atoms with E-state index >= 15 is 0 Å². The third kappa shape index (κ3) is 2.90. The molecule has 0 bridgehead atoms. The number of nitriles is 1. The molecule has 0 heterocycles. The lowest BCUT2D eigenvalue weighted by Gasteiger charge is -2.74. The molecule has 5 aliphatic rings. The molecule has 0 amide bonds. The van der Waals surface area contributed by atoms with Crippen molar-refractivity contribution in [3.05, 3.63) is 11.3 Å². The average molecular weight is 468 g/mol. The summed E-state index contributed by atoms with van der Waals surface area (Å²) >= 11 is 0. The van der Waals surface area contributed by atoms with Crippen LogP contribution < -0.4 is 0 Å². The van der Waals surface area contributed by atoms with E-state index in [-0.39, 0.29) is 27.8 Å². The number of aliphatic hydroxyl groups excluding tert-OH is 2. The van der Waals surface area contributed by atoms with Gasteiger partial charge in [-0.25, -0.2) is 0 Å². The molecule has 4 fully saturated rings. The largest absolute Gasteiger partial charge is 0.511 e. The van der Waals surface area contributed by atoms with Crippen LogP contribution in [-0.2, 0) is 0 Å². The van der Waals surface area contributed by atoms with E-state index in [2.05, 4.69) is 61.5 Å². The van der Waals surface area contributed by atoms with Crippen molar-refractivity contribution in [2.75, 3.05) is 0 Å². The van der Waals surface area contributed by atoms with Gasteiger partial charge in [-0.1, -0.05) is 55.4 Å². The van der Waals surface area contributed by atoms with Gasteiger partial charge in [-0.15, -0.1) is 0 Å². The van der Waals surface area contributed by atoms with Crippen LogP contribution in [0.2, 0.25) is 0 Å². The Kier molecular flexibility index (Phi) is 5.12. The quantitative estimate of drug-likeness (QED) is 0.382. The summed E-state index contributed by atoms with van der Waals surface area (Å²) in [6.45, 7) is 19.2. The predicted octanol–water partition coefficient (Wildman–Crippen LogP) is 7.80. The highest BCUT2D eigenvalue weighted by Gasteiger charge is 2.71. The summed E-state index contributed by atoms with van der Waals surface area (Å²) in [6.07, 6.45) is 9.85. The zero-order chi connectivity index (χ0) is 25.1. The molecule has 0 aliphatic heterocycles. The number of allylic oxidation sites excluding steroid dienone is 2. The Hall–Kier alpha value is -1.01. The van der Waals surface area contributed by atoms with E-state index in [4.69, 9.17) is 0 Å². The zero-order valence-electron chi connectivity index (χ0n) is 23.1. The van der Waals surface area contributed by atoms with Crippen LogP contribution in [0.25, 0.3) is 0 Å². The number of nitrogens with zero attached hydrogens (tertiary/aromatic N) is 1. The normalized spacial score (nSPS) is 53.6. The van der Waals surface area contributed by atoms with Crippen molar-refractivity contribution in [2.24, 2.45) is 56.2 Å². The fourth-order valence-electron chi connectivity index (χ4n) is 11.2. The van der Waals surface area contributed by atoms with Crippen LogP contribution in [0.5, 0.6) is 0 Å². The Bertz CT molecular complexity index is 957. The fraction of sp³-hybridized carbons (Fsp3) is 0.903. The topological polar surface area (TPSA) is 64.2 Å². The van der Waals surface area contributed by atoms with Crippen molar-refractivity contribution in [2.45, 2.75) is 119 Å². The lowest BCUT2D eigenvalue weighted by Crippen LogP contribution is -2.69. The highest BCUT2D eigenvalue weighted by Crippen LogP contribution is 2.77. The Morgan fingerprint density at radius 1 is 0.853 bits per heavy atom. The molecule has 0 aromatic heterocycles. The molecule has 9 atom stereocenters. The molecule has 0 aromatic rings. The van der Waals surface area contributed by atoms with Crippen molar-refractivity contribution < 1.29 is 10.2 Å². The summed E-state index contributed by atoms with van der Waals surface area (Å²) in [5.74, 6) is 1.98. The van der Waals surface area contributed by atoms with Crippen LogP contribution in [0.4, 0.5) is 0 Å².